The number of nitrogens with zero attached hydrogens (tertiary/aromatic N) is 3. The number of carbonyl (C=O) groups is 2. The van der Waals surface area contributed by atoms with Gasteiger partial charge in [-0.15, -0.1) is 11.3 Å². The SMILES string of the molecule is Cc1sc2ncnc(N3CCC(C(=O)NNC(=O)COc4ccc(Cl)cc4)CC3)c2c1C. The average Bonchev–Trinajstić information content (AvgIpc) is 3.10. The molecule has 0 radical (unpaired) electrons. The number of hydrazine groups is 1. The standard InChI is InChI=1S/C22H24ClN5O3S/c1-13-14(2)32-22-19(13)20(24-12-25-22)28-9-7-15(8-10-28)21(30)27-26-18(29)11-31-17-5-3-16(23)4-6-17/h3-6,12,15H,7-11H2,1-2H3,(H,26,29)(H,27,30). The molecule has 32 heavy (non-hydrogen) atoms. The van der Waals surface area contributed by atoms with Gasteiger partial charge in [0.25, 0.3) is 5.91 Å². The predicted molar refractivity (Wildman–Crippen MR) is 125 cm³/mol. The summed E-state index contributed by atoms with van der Waals surface area (Å²) in [5.74, 6) is 0.658. The number of anilines is 1. The van der Waals surface area contributed by atoms with E-state index in [4.69, 9.17) is 16.3 Å². The second kappa shape index (κ2) is 9.70. The quantitative estimate of drug-likeness (QED) is 0.551. The van der Waals surface area contributed by atoms with Crippen LogP contribution in [-0.2, 0) is 9.59 Å². The molecular weight excluding hydrogens is 450 g/mol. The second-order valence-corrected chi connectivity index (χ2v) is 9.34. The Kier molecular flexibility index (Phi) is 6.76. The van der Waals surface area contributed by atoms with Crippen molar-refractivity contribution in [2.45, 2.75) is 26.7 Å². The number of fused-ring (bicyclic) bond motifs is 1. The van der Waals surface area contributed by atoms with Crippen molar-refractivity contribution in [3.05, 3.63) is 46.1 Å². The smallest absolute Gasteiger partial charge is 0.276 e. The van der Waals surface area contributed by atoms with Gasteiger partial charge in [0.15, 0.2) is 6.61 Å². The Morgan fingerprint density at radius 1 is 1.16 bits per heavy atom. The van der Waals surface area contributed by atoms with Gasteiger partial charge in [-0.1, -0.05) is 11.6 Å². The number of benzene rings is 1. The minimum absolute atomic E-state index is 0.175. The number of piperidine rings is 1. The molecule has 0 spiro atoms. The van der Waals surface area contributed by atoms with E-state index >= 15 is 0 Å². The highest BCUT2D eigenvalue weighted by Crippen LogP contribution is 2.35. The molecule has 0 unspecified atom stereocenters. The molecule has 168 valence electrons. The van der Waals surface area contributed by atoms with E-state index in [1.807, 2.05) is 0 Å². The van der Waals surface area contributed by atoms with Crippen molar-refractivity contribution in [3.8, 4) is 5.75 Å². The van der Waals surface area contributed by atoms with Crippen LogP contribution in [-0.4, -0.2) is 41.5 Å². The number of amides is 2. The van der Waals surface area contributed by atoms with Crippen LogP contribution in [0, 0.1) is 19.8 Å². The van der Waals surface area contributed by atoms with E-state index in [0.29, 0.717) is 36.7 Å². The summed E-state index contributed by atoms with van der Waals surface area (Å²) >= 11 is 7.50. The zero-order chi connectivity index (χ0) is 22.7. The van der Waals surface area contributed by atoms with E-state index in [0.717, 1.165) is 16.0 Å². The first-order valence-electron chi connectivity index (χ1n) is 10.3. The maximum absolute atomic E-state index is 12.5. The normalized spacial score (nSPS) is 14.4. The third kappa shape index (κ3) is 4.94. The summed E-state index contributed by atoms with van der Waals surface area (Å²) in [6.07, 6.45) is 2.96. The highest BCUT2D eigenvalue weighted by molar-refractivity contribution is 7.18. The molecule has 1 fully saturated rings. The van der Waals surface area contributed by atoms with Gasteiger partial charge in [-0.2, -0.15) is 0 Å². The van der Waals surface area contributed by atoms with Crippen LogP contribution in [0.1, 0.15) is 23.3 Å². The topological polar surface area (TPSA) is 96.5 Å². The predicted octanol–water partition coefficient (Wildman–Crippen LogP) is 3.40. The van der Waals surface area contributed by atoms with Crippen LogP contribution in [0.5, 0.6) is 5.75 Å². The molecule has 10 heteroatoms. The van der Waals surface area contributed by atoms with E-state index in [1.54, 1.807) is 41.9 Å². The van der Waals surface area contributed by atoms with Gasteiger partial charge in [0.2, 0.25) is 5.91 Å². The summed E-state index contributed by atoms with van der Waals surface area (Å²) in [5, 5.41) is 1.69. The molecule has 0 bridgehead atoms. The molecule has 2 N–H and O–H groups in total. The lowest BCUT2D eigenvalue weighted by molar-refractivity contribution is -0.132. The van der Waals surface area contributed by atoms with E-state index in [9.17, 15) is 9.59 Å². The van der Waals surface area contributed by atoms with Gasteiger partial charge in [-0.25, -0.2) is 9.97 Å². The van der Waals surface area contributed by atoms with Gasteiger partial charge in [0, 0.05) is 28.9 Å². The molecule has 2 aromatic heterocycles. The number of halogens is 1. The van der Waals surface area contributed by atoms with Crippen LogP contribution in [0.3, 0.4) is 0 Å². The number of aryl methyl sites for hydroxylation is 2. The summed E-state index contributed by atoms with van der Waals surface area (Å²) in [4.78, 5) is 37.8. The van der Waals surface area contributed by atoms with Crippen molar-refractivity contribution in [2.75, 3.05) is 24.6 Å². The average molecular weight is 474 g/mol. The lowest BCUT2D eigenvalue weighted by Crippen LogP contribution is -2.48. The molecule has 1 aromatic carbocycles. The van der Waals surface area contributed by atoms with Gasteiger partial charge in [0.1, 0.15) is 22.7 Å². The lowest BCUT2D eigenvalue weighted by Gasteiger charge is -2.32. The fraction of sp³-hybridized carbons (Fsp3) is 0.364. The Hall–Kier alpha value is -2.91. The number of nitrogens with one attached hydrogen (secondary N) is 2. The number of ether oxygens (including phenoxy) is 1. The number of carbonyl (C=O) groups excluding carboxylic acids is 2. The molecule has 4 rings (SSSR count). The number of rotatable bonds is 5. The Balaban J connectivity index is 1.26. The molecule has 1 aliphatic heterocycles. The van der Waals surface area contributed by atoms with Crippen LogP contribution in [0.15, 0.2) is 30.6 Å². The van der Waals surface area contributed by atoms with Crippen molar-refractivity contribution < 1.29 is 14.3 Å². The van der Waals surface area contributed by atoms with Crippen LogP contribution in [0.25, 0.3) is 10.2 Å². The molecular formula is C22H24ClN5O3S. The van der Waals surface area contributed by atoms with E-state index in [-0.39, 0.29) is 18.4 Å². The lowest BCUT2D eigenvalue weighted by atomic mass is 9.96. The van der Waals surface area contributed by atoms with Crippen molar-refractivity contribution in [1.82, 2.24) is 20.8 Å². The molecule has 0 aliphatic carbocycles. The van der Waals surface area contributed by atoms with Gasteiger partial charge >= 0.3 is 0 Å². The number of hydrogen-bond acceptors (Lipinski definition) is 7. The minimum Gasteiger partial charge on any atom is -0.484 e. The third-order valence-corrected chi connectivity index (χ3v) is 6.99. The van der Waals surface area contributed by atoms with Crippen LogP contribution in [0.2, 0.25) is 5.02 Å². The molecule has 1 aliphatic rings. The Bertz CT molecular complexity index is 1130. The molecule has 1 saturated heterocycles. The van der Waals surface area contributed by atoms with Gasteiger partial charge in [-0.3, -0.25) is 20.4 Å². The maximum atomic E-state index is 12.5. The molecule has 8 nitrogen and oxygen atoms in total. The first-order chi connectivity index (χ1) is 15.4. The highest BCUT2D eigenvalue weighted by Gasteiger charge is 2.27. The van der Waals surface area contributed by atoms with Crippen molar-refractivity contribution in [2.24, 2.45) is 5.92 Å². The number of hydrogen-bond donors (Lipinski definition) is 2. The molecule has 3 aromatic rings. The molecule has 0 atom stereocenters. The van der Waals surface area contributed by atoms with Crippen molar-refractivity contribution >= 4 is 50.8 Å². The van der Waals surface area contributed by atoms with Crippen LogP contribution in [0.4, 0.5) is 5.82 Å². The number of thiophene rings is 1. The molecule has 3 heterocycles. The first kappa shape index (κ1) is 22.3. The third-order valence-electron chi connectivity index (χ3n) is 5.62. The van der Waals surface area contributed by atoms with Crippen LogP contribution < -0.4 is 20.5 Å². The van der Waals surface area contributed by atoms with Gasteiger partial charge in [-0.05, 0) is 56.5 Å². The summed E-state index contributed by atoms with van der Waals surface area (Å²) < 4.78 is 5.37. The summed E-state index contributed by atoms with van der Waals surface area (Å²) in [5.41, 5.74) is 6.14. The fourth-order valence-corrected chi connectivity index (χ4v) is 4.82. The van der Waals surface area contributed by atoms with E-state index < -0.39 is 5.91 Å². The summed E-state index contributed by atoms with van der Waals surface area (Å²) in [7, 11) is 0. The maximum Gasteiger partial charge on any atom is 0.276 e. The molecule has 2 amide bonds. The Morgan fingerprint density at radius 3 is 2.59 bits per heavy atom. The van der Waals surface area contributed by atoms with Crippen molar-refractivity contribution in [1.29, 1.82) is 0 Å². The van der Waals surface area contributed by atoms with E-state index in [2.05, 4.69) is 39.6 Å². The molecule has 0 saturated carbocycles. The van der Waals surface area contributed by atoms with E-state index in [1.165, 1.54) is 10.4 Å². The number of aromatic nitrogens is 2. The van der Waals surface area contributed by atoms with Gasteiger partial charge in [0.05, 0.1) is 5.39 Å². The van der Waals surface area contributed by atoms with Crippen molar-refractivity contribution in [3.63, 3.8) is 0 Å². The monoisotopic (exact) mass is 473 g/mol. The zero-order valence-corrected chi connectivity index (χ0v) is 19.4. The first-order valence-corrected chi connectivity index (χ1v) is 11.5. The summed E-state index contributed by atoms with van der Waals surface area (Å²) in [6, 6.07) is 6.70. The minimum atomic E-state index is -0.433. The largest absolute Gasteiger partial charge is 0.484 e. The zero-order valence-electron chi connectivity index (χ0n) is 17.9. The highest BCUT2D eigenvalue weighted by atomic mass is 35.5. The second-order valence-electron chi connectivity index (χ2n) is 7.70. The fourth-order valence-electron chi connectivity index (χ4n) is 3.71. The Morgan fingerprint density at radius 2 is 1.88 bits per heavy atom. The summed E-state index contributed by atoms with van der Waals surface area (Å²) in [6.45, 7) is 5.42. The van der Waals surface area contributed by atoms with Gasteiger partial charge < -0.3 is 9.64 Å². The van der Waals surface area contributed by atoms with Crippen LogP contribution >= 0.6 is 22.9 Å². The Labute approximate surface area is 194 Å².